The molecule has 6 nitrogen and oxygen atoms in total. The highest BCUT2D eigenvalue weighted by atomic mass is 19.1. The number of carbonyl (C=O) groups is 2. The molecular weight excluding hydrogens is 337 g/mol. The van der Waals surface area contributed by atoms with E-state index in [1.807, 2.05) is 0 Å². The molecule has 1 fully saturated rings. The molecule has 2 heterocycles. The number of benzene rings is 2. The van der Waals surface area contributed by atoms with Gasteiger partial charge in [0.25, 0.3) is 17.9 Å². The van der Waals surface area contributed by atoms with E-state index in [0.717, 1.165) is 5.69 Å². The van der Waals surface area contributed by atoms with Crippen LogP contribution in [0.1, 0.15) is 0 Å². The number of amides is 2. The third kappa shape index (κ3) is 3.08. The van der Waals surface area contributed by atoms with Crippen LogP contribution in [-0.4, -0.2) is 49.0 Å². The topological polar surface area (TPSA) is 61.9 Å². The third-order valence-corrected chi connectivity index (χ3v) is 4.64. The molecule has 0 radical (unpaired) electrons. The molecule has 2 amide bonds. The maximum atomic E-state index is 13.0. The molecule has 2 aromatic carbocycles. The molecule has 0 spiro atoms. The molecule has 2 aromatic rings. The van der Waals surface area contributed by atoms with Gasteiger partial charge in [-0.2, -0.15) is 0 Å². The van der Waals surface area contributed by atoms with Gasteiger partial charge in [0.1, 0.15) is 11.6 Å². The van der Waals surface area contributed by atoms with Crippen molar-refractivity contribution in [2.24, 2.45) is 0 Å². The van der Waals surface area contributed by atoms with Crippen LogP contribution in [0.4, 0.5) is 15.8 Å². The zero-order valence-electron chi connectivity index (χ0n) is 14.0. The van der Waals surface area contributed by atoms with E-state index in [4.69, 9.17) is 4.74 Å². The van der Waals surface area contributed by atoms with E-state index in [1.165, 1.54) is 12.1 Å². The number of piperazine rings is 1. The highest BCUT2D eigenvalue weighted by Gasteiger charge is 2.37. The van der Waals surface area contributed by atoms with E-state index < -0.39 is 12.0 Å². The van der Waals surface area contributed by atoms with Crippen LogP contribution in [0, 0.1) is 5.82 Å². The van der Waals surface area contributed by atoms with Crippen LogP contribution >= 0.6 is 0 Å². The second-order valence-corrected chi connectivity index (χ2v) is 6.27. The molecule has 0 saturated carbocycles. The number of halogens is 1. The summed E-state index contributed by atoms with van der Waals surface area (Å²) < 4.78 is 18.7. The van der Waals surface area contributed by atoms with Gasteiger partial charge in [0, 0.05) is 31.9 Å². The summed E-state index contributed by atoms with van der Waals surface area (Å²) in [5, 5.41) is 2.71. The van der Waals surface area contributed by atoms with Gasteiger partial charge in [-0.15, -0.1) is 0 Å². The lowest BCUT2D eigenvalue weighted by atomic mass is 10.1. The summed E-state index contributed by atoms with van der Waals surface area (Å²) >= 11 is 0. The molecule has 1 atom stereocenters. The Kier molecular flexibility index (Phi) is 4.20. The Bertz CT molecular complexity index is 832. The molecular formula is C19H18FN3O3. The first-order valence-electron chi connectivity index (χ1n) is 8.48. The highest BCUT2D eigenvalue weighted by Crippen LogP contribution is 2.29. The van der Waals surface area contributed by atoms with Gasteiger partial charge in [0.05, 0.1) is 5.69 Å². The first-order valence-corrected chi connectivity index (χ1v) is 8.48. The smallest absolute Gasteiger partial charge is 0.275 e. The quantitative estimate of drug-likeness (QED) is 0.836. The number of anilines is 2. The van der Waals surface area contributed by atoms with Crippen LogP contribution < -0.4 is 15.0 Å². The summed E-state index contributed by atoms with van der Waals surface area (Å²) in [5.41, 5.74) is 1.49. The van der Waals surface area contributed by atoms with Crippen molar-refractivity contribution < 1.29 is 18.7 Å². The zero-order valence-corrected chi connectivity index (χ0v) is 14.0. The number of hydrogen-bond acceptors (Lipinski definition) is 4. The molecule has 1 N–H and O–H groups in total. The van der Waals surface area contributed by atoms with Crippen LogP contribution in [0.25, 0.3) is 0 Å². The standard InChI is InChI=1S/C19H18FN3O3/c20-13-5-7-14(8-6-13)22-9-11-23(12-10-22)19(25)17-18(24)21-15-3-1-2-4-16(15)26-17/h1-8,17H,9-12H2,(H,21,24)/t17-/m0/s1. The Balaban J connectivity index is 1.41. The Morgan fingerprint density at radius 1 is 1.04 bits per heavy atom. The minimum atomic E-state index is -1.16. The molecule has 0 unspecified atom stereocenters. The molecule has 7 heteroatoms. The van der Waals surface area contributed by atoms with E-state index in [9.17, 15) is 14.0 Å². The Morgan fingerprint density at radius 2 is 1.73 bits per heavy atom. The normalized spacial score (nSPS) is 19.4. The van der Waals surface area contributed by atoms with Gasteiger partial charge < -0.3 is 19.9 Å². The maximum Gasteiger partial charge on any atom is 0.275 e. The predicted molar refractivity (Wildman–Crippen MR) is 94.7 cm³/mol. The largest absolute Gasteiger partial charge is 0.468 e. The molecule has 0 aliphatic carbocycles. The number of nitrogens with one attached hydrogen (secondary N) is 1. The SMILES string of the molecule is O=C1Nc2ccccc2O[C@@H]1C(=O)N1CCN(c2ccc(F)cc2)CC1. The third-order valence-electron chi connectivity index (χ3n) is 4.64. The Labute approximate surface area is 150 Å². The summed E-state index contributed by atoms with van der Waals surface area (Å²) in [7, 11) is 0. The fourth-order valence-electron chi connectivity index (χ4n) is 3.22. The van der Waals surface area contributed by atoms with Gasteiger partial charge in [0.2, 0.25) is 0 Å². The van der Waals surface area contributed by atoms with Crippen LogP contribution in [0.15, 0.2) is 48.5 Å². The lowest BCUT2D eigenvalue weighted by Crippen LogP contribution is -2.55. The second kappa shape index (κ2) is 6.67. The zero-order chi connectivity index (χ0) is 18.1. The fraction of sp³-hybridized carbons (Fsp3) is 0.263. The van der Waals surface area contributed by atoms with Crippen molar-refractivity contribution in [3.05, 3.63) is 54.3 Å². The number of carbonyl (C=O) groups excluding carboxylic acids is 2. The van der Waals surface area contributed by atoms with Crippen molar-refractivity contribution >= 4 is 23.2 Å². The average molecular weight is 355 g/mol. The molecule has 1 saturated heterocycles. The lowest BCUT2D eigenvalue weighted by Gasteiger charge is -2.37. The van der Waals surface area contributed by atoms with Crippen molar-refractivity contribution in [3.63, 3.8) is 0 Å². The lowest BCUT2D eigenvalue weighted by molar-refractivity contribution is -0.145. The number of nitrogens with zero attached hydrogens (tertiary/aromatic N) is 2. The molecule has 2 aliphatic rings. The summed E-state index contributed by atoms with van der Waals surface area (Å²) in [4.78, 5) is 28.7. The van der Waals surface area contributed by atoms with Crippen molar-refractivity contribution in [1.82, 2.24) is 4.90 Å². The Morgan fingerprint density at radius 3 is 2.46 bits per heavy atom. The summed E-state index contributed by atoms with van der Waals surface area (Å²) in [5.74, 6) is -0.566. The van der Waals surface area contributed by atoms with Gasteiger partial charge in [-0.3, -0.25) is 9.59 Å². The first kappa shape index (κ1) is 16.4. The summed E-state index contributed by atoms with van der Waals surface area (Å²) in [6.45, 7) is 2.18. The molecule has 0 aromatic heterocycles. The number of fused-ring (bicyclic) bond motifs is 1. The molecule has 0 bridgehead atoms. The van der Waals surface area contributed by atoms with Crippen molar-refractivity contribution in [1.29, 1.82) is 0 Å². The van der Waals surface area contributed by atoms with Crippen LogP contribution in [-0.2, 0) is 9.59 Å². The van der Waals surface area contributed by atoms with E-state index in [1.54, 1.807) is 41.3 Å². The van der Waals surface area contributed by atoms with E-state index >= 15 is 0 Å². The van der Waals surface area contributed by atoms with Crippen molar-refractivity contribution in [3.8, 4) is 5.75 Å². The van der Waals surface area contributed by atoms with Crippen molar-refractivity contribution in [2.75, 3.05) is 36.4 Å². The number of hydrogen-bond donors (Lipinski definition) is 1. The minimum absolute atomic E-state index is 0.275. The van der Waals surface area contributed by atoms with Gasteiger partial charge in [-0.05, 0) is 36.4 Å². The molecule has 2 aliphatic heterocycles. The van der Waals surface area contributed by atoms with E-state index in [0.29, 0.717) is 37.6 Å². The average Bonchev–Trinajstić information content (AvgIpc) is 2.68. The van der Waals surface area contributed by atoms with Gasteiger partial charge in [-0.1, -0.05) is 12.1 Å². The minimum Gasteiger partial charge on any atom is -0.468 e. The summed E-state index contributed by atoms with van der Waals surface area (Å²) in [6, 6.07) is 13.3. The Hall–Kier alpha value is -3.09. The van der Waals surface area contributed by atoms with Crippen LogP contribution in [0.2, 0.25) is 0 Å². The van der Waals surface area contributed by atoms with Crippen LogP contribution in [0.5, 0.6) is 5.75 Å². The maximum absolute atomic E-state index is 13.0. The van der Waals surface area contributed by atoms with E-state index in [-0.39, 0.29) is 11.7 Å². The van der Waals surface area contributed by atoms with E-state index in [2.05, 4.69) is 10.2 Å². The number of rotatable bonds is 2. The summed E-state index contributed by atoms with van der Waals surface area (Å²) in [6.07, 6.45) is -1.16. The van der Waals surface area contributed by atoms with Gasteiger partial charge >= 0.3 is 0 Å². The second-order valence-electron chi connectivity index (χ2n) is 6.27. The van der Waals surface area contributed by atoms with Crippen LogP contribution in [0.3, 0.4) is 0 Å². The monoisotopic (exact) mass is 355 g/mol. The molecule has 4 rings (SSSR count). The number of para-hydroxylation sites is 2. The fourth-order valence-corrected chi connectivity index (χ4v) is 3.22. The van der Waals surface area contributed by atoms with Crippen molar-refractivity contribution in [2.45, 2.75) is 6.10 Å². The molecule has 26 heavy (non-hydrogen) atoms. The molecule has 134 valence electrons. The number of ether oxygens (including phenoxy) is 1. The van der Waals surface area contributed by atoms with Gasteiger partial charge in [0.15, 0.2) is 0 Å². The first-order chi connectivity index (χ1) is 12.6. The highest BCUT2D eigenvalue weighted by molar-refractivity contribution is 6.11. The van der Waals surface area contributed by atoms with Gasteiger partial charge in [-0.25, -0.2) is 4.39 Å². The predicted octanol–water partition coefficient (Wildman–Crippen LogP) is 1.87.